The van der Waals surface area contributed by atoms with E-state index in [1.807, 2.05) is 6.92 Å². The summed E-state index contributed by atoms with van der Waals surface area (Å²) < 4.78 is 0. The second-order valence-electron chi connectivity index (χ2n) is 6.98. The normalized spacial score (nSPS) is 48.8. The summed E-state index contributed by atoms with van der Waals surface area (Å²) in [6.45, 7) is 6.70. The standard InChI is InChI=1S/C15H22O2/c1-9-11-4-5-15(11,3)12-7-14(2,8-16)6-10(12)13(9)17/h10,12,16H,4-8H2,1-3H3/t10?,12?,14-,15-/m1/s1. The predicted molar refractivity (Wildman–Crippen MR) is 66.5 cm³/mol. The van der Waals surface area contributed by atoms with E-state index in [1.165, 1.54) is 12.0 Å². The van der Waals surface area contributed by atoms with Crippen LogP contribution in [0.15, 0.2) is 11.1 Å². The smallest absolute Gasteiger partial charge is 0.161 e. The summed E-state index contributed by atoms with van der Waals surface area (Å²) in [6.07, 6.45) is 4.25. The number of Topliss-reactive ketones (excluding diaryl/α,β-unsaturated/α-hetero) is 1. The van der Waals surface area contributed by atoms with Crippen LogP contribution in [0, 0.1) is 22.7 Å². The van der Waals surface area contributed by atoms with Gasteiger partial charge in [-0.3, -0.25) is 4.79 Å². The van der Waals surface area contributed by atoms with Crippen molar-refractivity contribution in [1.29, 1.82) is 0 Å². The van der Waals surface area contributed by atoms with Crippen molar-refractivity contribution in [1.82, 2.24) is 0 Å². The van der Waals surface area contributed by atoms with Gasteiger partial charge in [-0.05, 0) is 54.9 Å². The monoisotopic (exact) mass is 234 g/mol. The van der Waals surface area contributed by atoms with Gasteiger partial charge in [-0.25, -0.2) is 0 Å². The van der Waals surface area contributed by atoms with Crippen LogP contribution in [0.5, 0.6) is 0 Å². The first-order valence-corrected chi connectivity index (χ1v) is 6.77. The number of fused-ring (bicyclic) bond motifs is 3. The number of aliphatic hydroxyl groups excluding tert-OH is 1. The molecular formula is C15H22O2. The van der Waals surface area contributed by atoms with Gasteiger partial charge in [0.1, 0.15) is 0 Å². The number of hydrogen-bond donors (Lipinski definition) is 1. The zero-order valence-corrected chi connectivity index (χ0v) is 11.0. The first-order chi connectivity index (χ1) is 7.91. The van der Waals surface area contributed by atoms with Crippen molar-refractivity contribution < 1.29 is 9.90 Å². The third-order valence-corrected chi connectivity index (χ3v) is 5.85. The summed E-state index contributed by atoms with van der Waals surface area (Å²) in [5.41, 5.74) is 2.71. The Morgan fingerprint density at radius 1 is 1.35 bits per heavy atom. The molecule has 0 aliphatic heterocycles. The molecule has 1 N–H and O–H groups in total. The Morgan fingerprint density at radius 3 is 2.59 bits per heavy atom. The number of ketones is 1. The average molecular weight is 234 g/mol. The summed E-state index contributed by atoms with van der Waals surface area (Å²) in [6, 6.07) is 0. The molecule has 17 heavy (non-hydrogen) atoms. The Morgan fingerprint density at radius 2 is 2.06 bits per heavy atom. The molecule has 2 heteroatoms. The van der Waals surface area contributed by atoms with Gasteiger partial charge in [-0.1, -0.05) is 19.4 Å². The third-order valence-electron chi connectivity index (χ3n) is 5.85. The zero-order chi connectivity index (χ0) is 12.4. The fraction of sp³-hybridized carbons (Fsp3) is 0.800. The van der Waals surface area contributed by atoms with E-state index in [-0.39, 0.29) is 23.4 Å². The van der Waals surface area contributed by atoms with Crippen molar-refractivity contribution in [3.05, 3.63) is 11.1 Å². The first-order valence-electron chi connectivity index (χ1n) is 6.77. The van der Waals surface area contributed by atoms with Crippen LogP contribution in [-0.2, 0) is 4.79 Å². The van der Waals surface area contributed by atoms with E-state index >= 15 is 0 Å². The predicted octanol–water partition coefficient (Wildman–Crippen LogP) is 2.71. The van der Waals surface area contributed by atoms with Crippen LogP contribution < -0.4 is 0 Å². The molecule has 2 unspecified atom stereocenters. The number of hydrogen-bond acceptors (Lipinski definition) is 2. The minimum absolute atomic E-state index is 0.0284. The van der Waals surface area contributed by atoms with Gasteiger partial charge in [0.25, 0.3) is 0 Å². The van der Waals surface area contributed by atoms with Crippen LogP contribution in [0.25, 0.3) is 0 Å². The SMILES string of the molecule is CC1=C2CC[C@@]2(C)C2C[C@](C)(CO)CC2C1=O. The van der Waals surface area contributed by atoms with Gasteiger partial charge in [0.2, 0.25) is 0 Å². The fourth-order valence-electron chi connectivity index (χ4n) is 4.60. The molecule has 0 aromatic heterocycles. The highest BCUT2D eigenvalue weighted by atomic mass is 16.3. The van der Waals surface area contributed by atoms with E-state index in [2.05, 4.69) is 13.8 Å². The van der Waals surface area contributed by atoms with Crippen molar-refractivity contribution in [3.63, 3.8) is 0 Å². The van der Waals surface area contributed by atoms with Crippen LogP contribution in [0.3, 0.4) is 0 Å². The number of rotatable bonds is 1. The molecule has 0 bridgehead atoms. The van der Waals surface area contributed by atoms with Crippen LogP contribution in [-0.4, -0.2) is 17.5 Å². The van der Waals surface area contributed by atoms with Crippen molar-refractivity contribution in [2.24, 2.45) is 22.7 Å². The molecule has 2 fully saturated rings. The number of aliphatic hydroxyl groups is 1. The van der Waals surface area contributed by atoms with Crippen LogP contribution in [0.2, 0.25) is 0 Å². The highest BCUT2D eigenvalue weighted by Crippen LogP contribution is 2.65. The Bertz CT molecular complexity index is 423. The molecular weight excluding hydrogens is 212 g/mol. The van der Waals surface area contributed by atoms with Gasteiger partial charge < -0.3 is 5.11 Å². The Hall–Kier alpha value is -0.630. The van der Waals surface area contributed by atoms with Gasteiger partial charge in [0, 0.05) is 12.5 Å². The van der Waals surface area contributed by atoms with E-state index < -0.39 is 0 Å². The van der Waals surface area contributed by atoms with Gasteiger partial charge in [0.05, 0.1) is 0 Å². The van der Waals surface area contributed by atoms with Crippen molar-refractivity contribution in [3.8, 4) is 0 Å². The van der Waals surface area contributed by atoms with E-state index in [0.29, 0.717) is 11.7 Å². The second-order valence-corrected chi connectivity index (χ2v) is 6.98. The molecule has 0 heterocycles. The van der Waals surface area contributed by atoms with E-state index in [0.717, 1.165) is 24.8 Å². The summed E-state index contributed by atoms with van der Waals surface area (Å²) in [7, 11) is 0. The molecule has 3 rings (SSSR count). The maximum Gasteiger partial charge on any atom is 0.161 e. The molecule has 0 saturated heterocycles. The van der Waals surface area contributed by atoms with E-state index in [1.54, 1.807) is 0 Å². The molecule has 3 aliphatic rings. The molecule has 3 aliphatic carbocycles. The largest absolute Gasteiger partial charge is 0.396 e. The van der Waals surface area contributed by atoms with E-state index in [4.69, 9.17) is 0 Å². The summed E-state index contributed by atoms with van der Waals surface area (Å²) >= 11 is 0. The molecule has 0 aromatic rings. The lowest BCUT2D eigenvalue weighted by Crippen LogP contribution is -2.46. The molecule has 2 saturated carbocycles. The third kappa shape index (κ3) is 1.28. The average Bonchev–Trinajstić information content (AvgIpc) is 2.64. The molecule has 0 amide bonds. The molecule has 0 aromatic carbocycles. The van der Waals surface area contributed by atoms with Gasteiger partial charge in [-0.2, -0.15) is 0 Å². The van der Waals surface area contributed by atoms with Gasteiger partial charge in [0.15, 0.2) is 5.78 Å². The minimum Gasteiger partial charge on any atom is -0.396 e. The van der Waals surface area contributed by atoms with Crippen LogP contribution in [0.4, 0.5) is 0 Å². The lowest BCUT2D eigenvalue weighted by Gasteiger charge is -2.52. The number of carbonyl (C=O) groups is 1. The molecule has 4 atom stereocenters. The fourth-order valence-corrected chi connectivity index (χ4v) is 4.60. The maximum absolute atomic E-state index is 12.4. The summed E-state index contributed by atoms with van der Waals surface area (Å²) in [4.78, 5) is 12.4. The second kappa shape index (κ2) is 3.23. The van der Waals surface area contributed by atoms with Crippen molar-refractivity contribution in [2.75, 3.05) is 6.61 Å². The highest BCUT2D eigenvalue weighted by Gasteiger charge is 2.59. The Balaban J connectivity index is 2.03. The maximum atomic E-state index is 12.4. The molecule has 94 valence electrons. The lowest BCUT2D eigenvalue weighted by molar-refractivity contribution is -0.123. The van der Waals surface area contributed by atoms with Crippen LogP contribution >= 0.6 is 0 Å². The highest BCUT2D eigenvalue weighted by molar-refractivity contribution is 5.99. The van der Waals surface area contributed by atoms with Crippen LogP contribution in [0.1, 0.15) is 46.5 Å². The summed E-state index contributed by atoms with van der Waals surface area (Å²) in [5, 5.41) is 9.55. The first kappa shape index (κ1) is 11.5. The molecule has 0 radical (unpaired) electrons. The summed E-state index contributed by atoms with van der Waals surface area (Å²) in [5.74, 6) is 1.04. The zero-order valence-electron chi connectivity index (χ0n) is 11.0. The number of carbonyl (C=O) groups excluding carboxylic acids is 1. The van der Waals surface area contributed by atoms with Gasteiger partial charge >= 0.3 is 0 Å². The van der Waals surface area contributed by atoms with E-state index in [9.17, 15) is 9.90 Å². The Kier molecular flexibility index (Phi) is 2.17. The van der Waals surface area contributed by atoms with Crippen molar-refractivity contribution >= 4 is 5.78 Å². The minimum atomic E-state index is -0.0284. The number of allylic oxidation sites excluding steroid dienone is 2. The lowest BCUT2D eigenvalue weighted by atomic mass is 9.51. The quantitative estimate of drug-likeness (QED) is 0.757. The molecule has 2 nitrogen and oxygen atoms in total. The topological polar surface area (TPSA) is 37.3 Å². The Labute approximate surface area is 103 Å². The molecule has 0 spiro atoms. The van der Waals surface area contributed by atoms with Gasteiger partial charge in [-0.15, -0.1) is 0 Å². The van der Waals surface area contributed by atoms with Crippen molar-refractivity contribution in [2.45, 2.75) is 46.5 Å².